The number of methoxy groups -OCH3 is 1. The Morgan fingerprint density at radius 3 is 2.53 bits per heavy atom. The number of halogens is 1. The van der Waals surface area contributed by atoms with Crippen LogP contribution in [0.5, 0.6) is 5.75 Å². The second-order valence-electron chi connectivity index (χ2n) is 6.96. The number of rotatable bonds is 3. The van der Waals surface area contributed by atoms with Crippen molar-refractivity contribution in [2.24, 2.45) is 0 Å². The van der Waals surface area contributed by atoms with Crippen LogP contribution in [0.4, 0.5) is 5.82 Å². The van der Waals surface area contributed by atoms with E-state index < -0.39 is 11.9 Å². The normalized spacial score (nSPS) is 15.6. The van der Waals surface area contributed by atoms with Crippen LogP contribution >= 0.6 is 15.9 Å². The lowest BCUT2D eigenvalue weighted by atomic mass is 9.98. The van der Waals surface area contributed by atoms with Gasteiger partial charge in [0.15, 0.2) is 11.2 Å². The van der Waals surface area contributed by atoms with Gasteiger partial charge in [0, 0.05) is 10.5 Å². The highest BCUT2D eigenvalue weighted by atomic mass is 79.9. The van der Waals surface area contributed by atoms with Crippen molar-refractivity contribution >= 4 is 38.6 Å². The quantitative estimate of drug-likeness (QED) is 0.438. The molecule has 150 valence electrons. The van der Waals surface area contributed by atoms with Crippen molar-refractivity contribution in [3.8, 4) is 5.75 Å². The standard InChI is InChI=1S/C22H15BrN2O5/c1-11-9-17(24-30-11)25-19(12-3-6-14(28-2)7-4-12)18-20(26)15-10-13(23)5-8-16(15)29-21(18)22(25)27/h3-10,19H,1-2H3. The van der Waals surface area contributed by atoms with Gasteiger partial charge in [0.2, 0.25) is 5.76 Å². The van der Waals surface area contributed by atoms with Crippen LogP contribution in [0.1, 0.15) is 33.5 Å². The van der Waals surface area contributed by atoms with Crippen LogP contribution in [0.25, 0.3) is 11.0 Å². The van der Waals surface area contributed by atoms with Gasteiger partial charge in [-0.3, -0.25) is 14.5 Å². The van der Waals surface area contributed by atoms with Gasteiger partial charge in [-0.15, -0.1) is 0 Å². The van der Waals surface area contributed by atoms with Gasteiger partial charge in [0.1, 0.15) is 17.1 Å². The molecule has 1 aliphatic rings. The number of hydrogen-bond acceptors (Lipinski definition) is 6. The first-order chi connectivity index (χ1) is 14.5. The molecule has 5 rings (SSSR count). The van der Waals surface area contributed by atoms with Crippen molar-refractivity contribution < 1.29 is 18.5 Å². The topological polar surface area (TPSA) is 85.8 Å². The maximum Gasteiger partial charge on any atom is 0.296 e. The molecular formula is C22H15BrN2O5. The zero-order chi connectivity index (χ0) is 21.0. The fourth-order valence-electron chi connectivity index (χ4n) is 3.75. The molecule has 0 saturated carbocycles. The smallest absolute Gasteiger partial charge is 0.296 e. The Kier molecular flexibility index (Phi) is 4.25. The number of aromatic nitrogens is 1. The third kappa shape index (κ3) is 2.75. The summed E-state index contributed by atoms with van der Waals surface area (Å²) in [5, 5.41) is 4.40. The molecule has 0 fully saturated rings. The van der Waals surface area contributed by atoms with Crippen LogP contribution in [0.15, 0.2) is 66.7 Å². The molecule has 7 nitrogen and oxygen atoms in total. The summed E-state index contributed by atoms with van der Waals surface area (Å²) in [4.78, 5) is 28.3. The SMILES string of the molecule is COc1ccc(C2c3c(oc4ccc(Br)cc4c3=O)C(=O)N2c2cc(C)on2)cc1. The lowest BCUT2D eigenvalue weighted by Crippen LogP contribution is -2.29. The first kappa shape index (κ1) is 18.6. The van der Waals surface area contributed by atoms with E-state index in [4.69, 9.17) is 13.7 Å². The second-order valence-corrected chi connectivity index (χ2v) is 7.88. The van der Waals surface area contributed by atoms with Gasteiger partial charge in [-0.25, -0.2) is 0 Å². The minimum atomic E-state index is -0.706. The molecule has 30 heavy (non-hydrogen) atoms. The Balaban J connectivity index is 1.80. The van der Waals surface area contributed by atoms with Crippen LogP contribution in [-0.2, 0) is 0 Å². The summed E-state index contributed by atoms with van der Waals surface area (Å²) in [5.74, 6) is 1.10. The summed E-state index contributed by atoms with van der Waals surface area (Å²) in [6, 6.07) is 13.3. The predicted molar refractivity (Wildman–Crippen MR) is 113 cm³/mol. The van der Waals surface area contributed by atoms with E-state index in [9.17, 15) is 9.59 Å². The van der Waals surface area contributed by atoms with Crippen molar-refractivity contribution in [3.05, 3.63) is 85.9 Å². The third-order valence-electron chi connectivity index (χ3n) is 5.13. The number of nitrogens with zero attached hydrogens (tertiary/aromatic N) is 2. The zero-order valence-electron chi connectivity index (χ0n) is 16.0. The van der Waals surface area contributed by atoms with Crippen LogP contribution in [0.2, 0.25) is 0 Å². The summed E-state index contributed by atoms with van der Waals surface area (Å²) in [6.45, 7) is 1.74. The number of anilines is 1. The van der Waals surface area contributed by atoms with Gasteiger partial charge in [0.25, 0.3) is 5.91 Å². The minimum absolute atomic E-state index is 0.0105. The van der Waals surface area contributed by atoms with Crippen molar-refractivity contribution in [2.75, 3.05) is 12.0 Å². The summed E-state index contributed by atoms with van der Waals surface area (Å²) in [6.07, 6.45) is 0. The van der Waals surface area contributed by atoms with E-state index in [1.54, 1.807) is 50.4 Å². The van der Waals surface area contributed by atoms with E-state index in [1.165, 1.54) is 4.90 Å². The Morgan fingerprint density at radius 1 is 1.10 bits per heavy atom. The fourth-order valence-corrected chi connectivity index (χ4v) is 4.11. The molecule has 0 saturated heterocycles. The molecule has 1 aliphatic heterocycles. The number of carbonyl (C=O) groups is 1. The summed E-state index contributed by atoms with van der Waals surface area (Å²) < 4.78 is 17.1. The van der Waals surface area contributed by atoms with Crippen molar-refractivity contribution in [2.45, 2.75) is 13.0 Å². The average Bonchev–Trinajstić information content (AvgIpc) is 3.30. The van der Waals surface area contributed by atoms with Gasteiger partial charge in [-0.05, 0) is 42.8 Å². The number of aryl methyl sites for hydroxylation is 1. The van der Waals surface area contributed by atoms with Gasteiger partial charge < -0.3 is 13.7 Å². The molecule has 3 heterocycles. The average molecular weight is 467 g/mol. The summed E-state index contributed by atoms with van der Waals surface area (Å²) >= 11 is 3.39. The fraction of sp³-hybridized carbons (Fsp3) is 0.136. The van der Waals surface area contributed by atoms with Crippen LogP contribution < -0.4 is 15.1 Å². The van der Waals surface area contributed by atoms with E-state index in [0.717, 1.165) is 10.0 Å². The van der Waals surface area contributed by atoms with Crippen molar-refractivity contribution in [3.63, 3.8) is 0 Å². The summed E-state index contributed by atoms with van der Waals surface area (Å²) in [5.41, 5.74) is 1.09. The number of hydrogen-bond donors (Lipinski definition) is 0. The monoisotopic (exact) mass is 466 g/mol. The lowest BCUT2D eigenvalue weighted by Gasteiger charge is -2.22. The molecule has 1 amide bonds. The van der Waals surface area contributed by atoms with E-state index in [0.29, 0.717) is 28.3 Å². The van der Waals surface area contributed by atoms with Crippen LogP contribution in [0, 0.1) is 6.92 Å². The molecule has 1 atom stereocenters. The molecule has 4 aromatic rings. The largest absolute Gasteiger partial charge is 0.497 e. The molecular weight excluding hydrogens is 452 g/mol. The highest BCUT2D eigenvalue weighted by molar-refractivity contribution is 9.10. The summed E-state index contributed by atoms with van der Waals surface area (Å²) in [7, 11) is 1.58. The number of amides is 1. The van der Waals surface area contributed by atoms with Gasteiger partial charge in [-0.2, -0.15) is 0 Å². The minimum Gasteiger partial charge on any atom is -0.497 e. The molecule has 0 N–H and O–H groups in total. The molecule has 2 aromatic carbocycles. The maximum absolute atomic E-state index is 13.5. The molecule has 0 bridgehead atoms. The molecule has 0 spiro atoms. The number of fused-ring (bicyclic) bond motifs is 2. The van der Waals surface area contributed by atoms with E-state index in [1.807, 2.05) is 12.1 Å². The Hall–Kier alpha value is -3.39. The highest BCUT2D eigenvalue weighted by Crippen LogP contribution is 2.41. The van der Waals surface area contributed by atoms with E-state index >= 15 is 0 Å². The van der Waals surface area contributed by atoms with Gasteiger partial charge in [0.05, 0.1) is 24.1 Å². The second kappa shape index (κ2) is 6.84. The Bertz CT molecular complexity index is 1360. The van der Waals surface area contributed by atoms with Crippen LogP contribution in [-0.4, -0.2) is 18.2 Å². The highest BCUT2D eigenvalue weighted by Gasteiger charge is 2.44. The molecule has 0 radical (unpaired) electrons. The number of benzene rings is 2. The maximum atomic E-state index is 13.5. The van der Waals surface area contributed by atoms with Gasteiger partial charge in [-0.1, -0.05) is 33.2 Å². The molecule has 8 heteroatoms. The molecule has 1 unspecified atom stereocenters. The first-order valence-corrected chi connectivity index (χ1v) is 9.94. The predicted octanol–water partition coefficient (Wildman–Crippen LogP) is 4.61. The molecule has 2 aromatic heterocycles. The lowest BCUT2D eigenvalue weighted by molar-refractivity contribution is 0.0969. The van der Waals surface area contributed by atoms with E-state index in [-0.39, 0.29) is 16.8 Å². The zero-order valence-corrected chi connectivity index (χ0v) is 17.6. The van der Waals surface area contributed by atoms with E-state index in [2.05, 4.69) is 21.1 Å². The molecule has 0 aliphatic carbocycles. The van der Waals surface area contributed by atoms with Crippen molar-refractivity contribution in [1.29, 1.82) is 0 Å². The van der Waals surface area contributed by atoms with Crippen molar-refractivity contribution in [1.82, 2.24) is 5.16 Å². The Labute approximate surface area is 179 Å². The van der Waals surface area contributed by atoms with Gasteiger partial charge >= 0.3 is 0 Å². The number of ether oxygens (including phenoxy) is 1. The van der Waals surface area contributed by atoms with Crippen LogP contribution in [0.3, 0.4) is 0 Å². The first-order valence-electron chi connectivity index (χ1n) is 9.15. The Morgan fingerprint density at radius 2 is 1.87 bits per heavy atom. The third-order valence-corrected chi connectivity index (χ3v) is 5.62. The number of carbonyl (C=O) groups excluding carboxylic acids is 1.